The molecule has 1 heterocycles. The minimum Gasteiger partial charge on any atom is -0.490 e. The molecule has 0 unspecified atom stereocenters. The van der Waals surface area contributed by atoms with Crippen molar-refractivity contribution in [2.24, 2.45) is 0 Å². The number of aliphatic carboxylic acids is 1. The summed E-state index contributed by atoms with van der Waals surface area (Å²) in [6, 6.07) is 9.83. The van der Waals surface area contributed by atoms with Crippen LogP contribution in [0.2, 0.25) is 5.02 Å². The van der Waals surface area contributed by atoms with Gasteiger partial charge < -0.3 is 19.9 Å². The van der Waals surface area contributed by atoms with E-state index in [4.69, 9.17) is 26.2 Å². The lowest BCUT2D eigenvalue weighted by molar-refractivity contribution is -0.140. The van der Waals surface area contributed by atoms with E-state index in [2.05, 4.69) is 21.2 Å². The van der Waals surface area contributed by atoms with Crippen LogP contribution >= 0.6 is 27.5 Å². The van der Waals surface area contributed by atoms with Crippen molar-refractivity contribution in [3.05, 3.63) is 62.7 Å². The van der Waals surface area contributed by atoms with Gasteiger partial charge in [0.15, 0.2) is 11.5 Å². The molecule has 0 spiro atoms. The first kappa shape index (κ1) is 22.6. The second kappa shape index (κ2) is 9.84. The topological polar surface area (TPSA) is 105 Å². The Morgan fingerprint density at radius 3 is 2.58 bits per heavy atom. The van der Waals surface area contributed by atoms with Gasteiger partial charge in [0.05, 0.1) is 11.1 Å². The van der Waals surface area contributed by atoms with Crippen LogP contribution in [0.15, 0.2) is 46.6 Å². The molecule has 0 atom stereocenters. The molecule has 0 aliphatic carbocycles. The maximum atomic E-state index is 12.3. The molecular formula is C21H18BrClN2O6. The lowest BCUT2D eigenvalue weighted by Gasteiger charge is -2.15. The Morgan fingerprint density at radius 1 is 1.23 bits per heavy atom. The highest BCUT2D eigenvalue weighted by molar-refractivity contribution is 9.10. The third kappa shape index (κ3) is 5.56. The minimum absolute atomic E-state index is 0.0320. The number of rotatable bonds is 8. The number of carboxylic acids is 1. The second-order valence-corrected chi connectivity index (χ2v) is 7.74. The molecule has 2 N–H and O–H groups in total. The molecule has 162 valence electrons. The van der Waals surface area contributed by atoms with Gasteiger partial charge in [-0.2, -0.15) is 0 Å². The first-order valence-corrected chi connectivity index (χ1v) is 10.4. The van der Waals surface area contributed by atoms with Gasteiger partial charge in [-0.3, -0.25) is 9.59 Å². The van der Waals surface area contributed by atoms with E-state index in [9.17, 15) is 14.4 Å². The lowest BCUT2D eigenvalue weighted by Crippen LogP contribution is -2.35. The zero-order valence-corrected chi connectivity index (χ0v) is 18.7. The first-order valence-electron chi connectivity index (χ1n) is 9.18. The van der Waals surface area contributed by atoms with Crippen LogP contribution in [0.5, 0.6) is 11.5 Å². The van der Waals surface area contributed by atoms with Gasteiger partial charge in [-0.15, -0.1) is 0 Å². The SMILES string of the molecule is CCOc1cc(/C=C2/NC(=O)N(CC(=O)O)C2=O)cc(Br)c1OCc1ccc(Cl)cc1. The van der Waals surface area contributed by atoms with Crippen LogP contribution in [0.4, 0.5) is 4.79 Å². The van der Waals surface area contributed by atoms with Gasteiger partial charge in [-0.1, -0.05) is 23.7 Å². The van der Waals surface area contributed by atoms with E-state index in [0.717, 1.165) is 5.56 Å². The van der Waals surface area contributed by atoms with Crippen molar-refractivity contribution in [1.82, 2.24) is 10.2 Å². The number of urea groups is 1. The number of nitrogens with zero attached hydrogens (tertiary/aromatic N) is 1. The average molecular weight is 510 g/mol. The van der Waals surface area contributed by atoms with Crippen LogP contribution in [0.25, 0.3) is 6.08 Å². The Labute approximate surface area is 191 Å². The molecule has 31 heavy (non-hydrogen) atoms. The summed E-state index contributed by atoms with van der Waals surface area (Å²) in [7, 11) is 0. The van der Waals surface area contributed by atoms with Gasteiger partial charge >= 0.3 is 12.0 Å². The van der Waals surface area contributed by atoms with Crippen molar-refractivity contribution in [2.45, 2.75) is 13.5 Å². The number of carbonyl (C=O) groups excluding carboxylic acids is 2. The molecule has 0 saturated carbocycles. The Hall–Kier alpha value is -3.04. The summed E-state index contributed by atoms with van der Waals surface area (Å²) in [5.74, 6) is -1.08. The van der Waals surface area contributed by atoms with E-state index in [0.29, 0.717) is 38.1 Å². The summed E-state index contributed by atoms with van der Waals surface area (Å²) in [5.41, 5.74) is 1.44. The van der Waals surface area contributed by atoms with Crippen molar-refractivity contribution in [3.63, 3.8) is 0 Å². The number of carboxylic acid groups (broad SMARTS) is 1. The van der Waals surface area contributed by atoms with Crippen LogP contribution in [0, 0.1) is 0 Å². The van der Waals surface area contributed by atoms with Crippen molar-refractivity contribution in [1.29, 1.82) is 0 Å². The molecule has 1 aliphatic rings. The third-order valence-corrected chi connectivity index (χ3v) is 5.04. The Morgan fingerprint density at radius 2 is 1.94 bits per heavy atom. The number of hydrogen-bond acceptors (Lipinski definition) is 5. The molecule has 8 nitrogen and oxygen atoms in total. The van der Waals surface area contributed by atoms with Crippen molar-refractivity contribution >= 4 is 51.5 Å². The van der Waals surface area contributed by atoms with Gasteiger partial charge in [0, 0.05) is 5.02 Å². The number of benzene rings is 2. The first-order chi connectivity index (χ1) is 14.8. The average Bonchev–Trinajstić information content (AvgIpc) is 2.96. The second-order valence-electron chi connectivity index (χ2n) is 6.45. The predicted molar refractivity (Wildman–Crippen MR) is 117 cm³/mol. The summed E-state index contributed by atoms with van der Waals surface area (Å²) >= 11 is 9.36. The molecule has 1 saturated heterocycles. The van der Waals surface area contributed by atoms with Crippen LogP contribution in [-0.2, 0) is 16.2 Å². The largest absolute Gasteiger partial charge is 0.490 e. The van der Waals surface area contributed by atoms with Crippen LogP contribution < -0.4 is 14.8 Å². The fourth-order valence-electron chi connectivity index (χ4n) is 2.83. The Bertz CT molecular complexity index is 1050. The fourth-order valence-corrected chi connectivity index (χ4v) is 3.53. The molecule has 0 radical (unpaired) electrons. The number of ether oxygens (including phenoxy) is 2. The molecule has 3 amide bonds. The van der Waals surface area contributed by atoms with E-state index in [-0.39, 0.29) is 12.3 Å². The summed E-state index contributed by atoms with van der Waals surface area (Å²) in [4.78, 5) is 35.7. The maximum Gasteiger partial charge on any atom is 0.329 e. The summed E-state index contributed by atoms with van der Waals surface area (Å²) in [5, 5.41) is 11.9. The number of halogens is 2. The quantitative estimate of drug-likeness (QED) is 0.411. The van der Waals surface area contributed by atoms with E-state index >= 15 is 0 Å². The minimum atomic E-state index is -1.28. The maximum absolute atomic E-state index is 12.3. The highest BCUT2D eigenvalue weighted by Crippen LogP contribution is 2.38. The van der Waals surface area contributed by atoms with E-state index in [1.165, 1.54) is 6.08 Å². The summed E-state index contributed by atoms with van der Waals surface area (Å²) in [6.07, 6.45) is 1.44. The standard InChI is InChI=1S/C21H18BrClN2O6/c1-2-30-17-9-13(8-16-20(28)25(10-18(26)27)21(29)24-16)7-15(22)19(17)31-11-12-3-5-14(23)6-4-12/h3-9H,2,10-11H2,1H3,(H,24,29)(H,26,27)/b16-8+. The zero-order chi connectivity index (χ0) is 22.5. The third-order valence-electron chi connectivity index (χ3n) is 4.19. The van der Waals surface area contributed by atoms with Crippen molar-refractivity contribution in [3.8, 4) is 11.5 Å². The van der Waals surface area contributed by atoms with E-state index in [1.807, 2.05) is 19.1 Å². The zero-order valence-electron chi connectivity index (χ0n) is 16.4. The predicted octanol–water partition coefficient (Wildman–Crippen LogP) is 4.06. The number of nitrogens with one attached hydrogen (secondary N) is 1. The van der Waals surface area contributed by atoms with Crippen LogP contribution in [0.3, 0.4) is 0 Å². The Balaban J connectivity index is 1.85. The van der Waals surface area contributed by atoms with Gasteiger partial charge in [-0.25, -0.2) is 9.69 Å². The Kier molecular flexibility index (Phi) is 7.19. The number of hydrogen-bond donors (Lipinski definition) is 2. The monoisotopic (exact) mass is 508 g/mol. The normalized spacial score (nSPS) is 14.7. The molecule has 10 heteroatoms. The lowest BCUT2D eigenvalue weighted by atomic mass is 10.1. The van der Waals surface area contributed by atoms with Crippen molar-refractivity contribution < 1.29 is 29.0 Å². The van der Waals surface area contributed by atoms with Gasteiger partial charge in [-0.05, 0) is 64.3 Å². The van der Waals surface area contributed by atoms with Crippen LogP contribution in [0.1, 0.15) is 18.1 Å². The van der Waals surface area contributed by atoms with Crippen LogP contribution in [-0.4, -0.2) is 41.1 Å². The number of carbonyl (C=O) groups is 3. The molecule has 3 rings (SSSR count). The number of amides is 3. The summed E-state index contributed by atoms with van der Waals surface area (Å²) < 4.78 is 12.2. The summed E-state index contributed by atoms with van der Waals surface area (Å²) in [6.45, 7) is 1.78. The van der Waals surface area contributed by atoms with E-state index in [1.54, 1.807) is 24.3 Å². The molecule has 1 aliphatic heterocycles. The highest BCUT2D eigenvalue weighted by atomic mass is 79.9. The molecule has 0 aromatic heterocycles. The van der Waals surface area contributed by atoms with Gasteiger partial charge in [0.1, 0.15) is 18.8 Å². The highest BCUT2D eigenvalue weighted by Gasteiger charge is 2.34. The van der Waals surface area contributed by atoms with Gasteiger partial charge in [0.25, 0.3) is 5.91 Å². The molecular weight excluding hydrogens is 492 g/mol. The fraction of sp³-hybridized carbons (Fsp3) is 0.190. The van der Waals surface area contributed by atoms with E-state index < -0.39 is 24.5 Å². The molecule has 1 fully saturated rings. The molecule has 2 aromatic carbocycles. The molecule has 2 aromatic rings. The smallest absolute Gasteiger partial charge is 0.329 e. The van der Waals surface area contributed by atoms with Crippen molar-refractivity contribution in [2.75, 3.05) is 13.2 Å². The molecule has 0 bridgehead atoms. The van der Waals surface area contributed by atoms with Gasteiger partial charge in [0.2, 0.25) is 0 Å². The number of imide groups is 1.